The van der Waals surface area contributed by atoms with E-state index in [0.29, 0.717) is 36.7 Å². The summed E-state index contributed by atoms with van der Waals surface area (Å²) in [5.41, 5.74) is 4.09. The molecule has 4 aliphatic rings. The highest BCUT2D eigenvalue weighted by Gasteiger charge is 2.70. The average Bonchev–Trinajstić information content (AvgIpc) is 3.49. The molecule has 3 fully saturated rings. The lowest BCUT2D eigenvalue weighted by molar-refractivity contribution is -0.938. The highest BCUT2D eigenvalue weighted by atomic mass is 32.2. The van der Waals surface area contributed by atoms with Gasteiger partial charge in [0.05, 0.1) is 30.3 Å². The Morgan fingerprint density at radius 3 is 2.22 bits per heavy atom. The topological polar surface area (TPSA) is 79.0 Å². The van der Waals surface area contributed by atoms with Gasteiger partial charge in [-0.3, -0.25) is 0 Å². The van der Waals surface area contributed by atoms with E-state index >= 15 is 0 Å². The summed E-state index contributed by atoms with van der Waals surface area (Å²) in [7, 11) is 0.849. The van der Waals surface area contributed by atoms with Gasteiger partial charge in [0, 0.05) is 29.7 Å². The number of rotatable bonds is 2. The third kappa shape index (κ3) is 4.24. The summed E-state index contributed by atoms with van der Waals surface area (Å²) in [6.07, 6.45) is 4.13. The molecule has 4 aliphatic heterocycles. The molecular formula is C24H29NO5S2. The van der Waals surface area contributed by atoms with Gasteiger partial charge >= 0.3 is 0 Å². The molecule has 0 saturated carbocycles. The number of fused-ring (bicyclic) bond motifs is 7. The maximum atomic E-state index is 9.08. The van der Waals surface area contributed by atoms with E-state index in [9.17, 15) is 0 Å². The second-order valence-electron chi connectivity index (χ2n) is 9.67. The maximum Gasteiger partial charge on any atom is 0.142 e. The number of hydrogen-bond donors (Lipinski definition) is 0. The summed E-state index contributed by atoms with van der Waals surface area (Å²) < 4.78 is 41.2. The summed E-state index contributed by atoms with van der Waals surface area (Å²) in [5.74, 6) is 1.02. The summed E-state index contributed by atoms with van der Waals surface area (Å²) in [6, 6.07) is 18.8. The number of epoxide rings is 1. The fraction of sp³-hybridized carbons (Fsp3) is 0.500. The highest BCUT2D eigenvalue weighted by molar-refractivity contribution is 7.98. The van der Waals surface area contributed by atoms with E-state index in [2.05, 4.69) is 62.6 Å². The number of benzene rings is 2. The molecule has 0 aromatic heterocycles. The van der Waals surface area contributed by atoms with Crippen LogP contribution in [0.25, 0.3) is 0 Å². The van der Waals surface area contributed by atoms with E-state index in [1.165, 1.54) is 21.6 Å². The fourth-order valence-corrected chi connectivity index (χ4v) is 6.82. The van der Waals surface area contributed by atoms with Crippen LogP contribution in [0.15, 0.2) is 53.4 Å². The third-order valence-electron chi connectivity index (χ3n) is 7.29. The number of hydrogen-bond acceptors (Lipinski definition) is 6. The number of morpholine rings is 1. The standard InChI is InChI=1S/C23H26NO2S.CH4O3S/c1-24(2)18-11-15(12-19(24)23-22(18)26-23)25-21-16-8-4-3-7-14(16)13-27-20-10-6-5-9-17(20)21;1-5(2,3)4/h3-10,15,18-19,21-23H,11-13H2,1-2H3;1H3,(H,2,3,4)/q+1;/p-1/t15?,18-,19-,21-,22-,23+;/m0./s1. The lowest BCUT2D eigenvalue weighted by Gasteiger charge is -2.46. The van der Waals surface area contributed by atoms with E-state index in [1.54, 1.807) is 0 Å². The Bertz CT molecular complexity index is 1040. The van der Waals surface area contributed by atoms with E-state index < -0.39 is 10.1 Å². The second kappa shape index (κ2) is 8.11. The molecule has 2 aromatic rings. The summed E-state index contributed by atoms with van der Waals surface area (Å²) >= 11 is 1.94. The number of thioether (sulfide) groups is 1. The van der Waals surface area contributed by atoms with Gasteiger partial charge < -0.3 is 18.5 Å². The van der Waals surface area contributed by atoms with Gasteiger partial charge in [-0.2, -0.15) is 0 Å². The van der Waals surface area contributed by atoms with Crippen molar-refractivity contribution in [1.29, 1.82) is 0 Å². The first-order chi connectivity index (χ1) is 15.1. The minimum Gasteiger partial charge on any atom is -0.748 e. The van der Waals surface area contributed by atoms with Crippen molar-refractivity contribution in [3.8, 4) is 0 Å². The number of ether oxygens (including phenoxy) is 2. The van der Waals surface area contributed by atoms with E-state index in [1.807, 2.05) is 11.8 Å². The summed E-state index contributed by atoms with van der Waals surface area (Å²) in [6.45, 7) is 0. The minimum absolute atomic E-state index is 0.0442. The quantitative estimate of drug-likeness (QED) is 0.377. The molecule has 0 aliphatic carbocycles. The SMILES string of the molecule is CS(=O)(=O)[O-].C[N+]1(C)[C@H]2CC(O[C@H]3c4ccccc4CSc4ccccc43)C[C@H]1[C@H]1O[C@H]12. The maximum absolute atomic E-state index is 9.08. The van der Waals surface area contributed by atoms with Crippen molar-refractivity contribution in [3.63, 3.8) is 0 Å². The molecule has 4 heterocycles. The minimum atomic E-state index is -3.92. The Labute approximate surface area is 194 Å². The molecule has 6 atom stereocenters. The van der Waals surface area contributed by atoms with Gasteiger partial charge in [0.2, 0.25) is 0 Å². The molecule has 6 nitrogen and oxygen atoms in total. The van der Waals surface area contributed by atoms with Crippen molar-refractivity contribution in [2.75, 3.05) is 20.4 Å². The Balaban J connectivity index is 0.000000393. The van der Waals surface area contributed by atoms with Crippen molar-refractivity contribution in [1.82, 2.24) is 0 Å². The molecule has 2 bridgehead atoms. The molecule has 0 N–H and O–H groups in total. The van der Waals surface area contributed by atoms with Crippen LogP contribution in [-0.2, 0) is 25.3 Å². The number of piperidine rings is 1. The van der Waals surface area contributed by atoms with Crippen LogP contribution in [0, 0.1) is 0 Å². The van der Waals surface area contributed by atoms with Crippen molar-refractivity contribution in [3.05, 3.63) is 65.2 Å². The Morgan fingerprint density at radius 2 is 1.56 bits per heavy atom. The van der Waals surface area contributed by atoms with Crippen LogP contribution in [0.4, 0.5) is 0 Å². The second-order valence-corrected chi connectivity index (χ2v) is 12.1. The lowest BCUT2D eigenvalue weighted by atomic mass is 9.94. The Morgan fingerprint density at radius 1 is 1.00 bits per heavy atom. The first-order valence-corrected chi connectivity index (χ1v) is 13.8. The molecule has 3 saturated heterocycles. The van der Waals surface area contributed by atoms with Crippen LogP contribution < -0.4 is 0 Å². The first-order valence-electron chi connectivity index (χ1n) is 11.0. The molecule has 0 spiro atoms. The monoisotopic (exact) mass is 475 g/mol. The van der Waals surface area contributed by atoms with Crippen LogP contribution in [0.5, 0.6) is 0 Å². The van der Waals surface area contributed by atoms with Crippen LogP contribution in [0.2, 0.25) is 0 Å². The largest absolute Gasteiger partial charge is 0.748 e. The molecule has 0 radical (unpaired) electrons. The number of likely N-dealkylation sites (N-methyl/N-ethyl adjacent to an activating group) is 1. The fourth-order valence-electron chi connectivity index (χ4n) is 5.73. The molecule has 0 amide bonds. The summed E-state index contributed by atoms with van der Waals surface area (Å²) in [5, 5.41) is 0. The molecule has 6 rings (SSSR count). The molecule has 8 heteroatoms. The normalized spacial score (nSPS) is 33.6. The first kappa shape index (κ1) is 22.4. The predicted octanol–water partition coefficient (Wildman–Crippen LogP) is 3.32. The molecule has 32 heavy (non-hydrogen) atoms. The van der Waals surface area contributed by atoms with Gasteiger partial charge in [0.15, 0.2) is 0 Å². The lowest BCUT2D eigenvalue weighted by Crippen LogP contribution is -2.59. The molecule has 2 aromatic carbocycles. The molecule has 1 unspecified atom stereocenters. The zero-order valence-electron chi connectivity index (χ0n) is 18.5. The van der Waals surface area contributed by atoms with Gasteiger partial charge in [-0.1, -0.05) is 42.5 Å². The van der Waals surface area contributed by atoms with Crippen LogP contribution in [-0.4, -0.2) is 68.2 Å². The van der Waals surface area contributed by atoms with E-state index in [4.69, 9.17) is 22.4 Å². The predicted molar refractivity (Wildman–Crippen MR) is 122 cm³/mol. The van der Waals surface area contributed by atoms with Crippen LogP contribution in [0.1, 0.15) is 35.6 Å². The number of nitrogens with zero attached hydrogens (tertiary/aromatic N) is 1. The molecular weight excluding hydrogens is 446 g/mol. The van der Waals surface area contributed by atoms with Gasteiger partial charge in [0.25, 0.3) is 0 Å². The zero-order valence-corrected chi connectivity index (χ0v) is 20.1. The van der Waals surface area contributed by atoms with Crippen LogP contribution >= 0.6 is 11.8 Å². The Hall–Kier alpha value is -1.42. The van der Waals surface area contributed by atoms with Gasteiger partial charge in [0.1, 0.15) is 30.4 Å². The van der Waals surface area contributed by atoms with Crippen molar-refractivity contribution in [2.24, 2.45) is 0 Å². The van der Waals surface area contributed by atoms with Gasteiger partial charge in [-0.05, 0) is 22.8 Å². The number of quaternary nitrogens is 1. The highest BCUT2D eigenvalue weighted by Crippen LogP contribution is 2.53. The van der Waals surface area contributed by atoms with Crippen molar-refractivity contribution < 1.29 is 26.9 Å². The summed E-state index contributed by atoms with van der Waals surface area (Å²) in [4.78, 5) is 1.36. The third-order valence-corrected chi connectivity index (χ3v) is 8.43. The molecule has 172 valence electrons. The van der Waals surface area contributed by atoms with Crippen LogP contribution in [0.3, 0.4) is 0 Å². The van der Waals surface area contributed by atoms with Gasteiger partial charge in [-0.25, -0.2) is 8.42 Å². The average molecular weight is 476 g/mol. The van der Waals surface area contributed by atoms with Gasteiger partial charge in [-0.15, -0.1) is 11.8 Å². The Kier molecular flexibility index (Phi) is 5.67. The van der Waals surface area contributed by atoms with E-state index in [-0.39, 0.29) is 6.10 Å². The van der Waals surface area contributed by atoms with Crippen molar-refractivity contribution in [2.45, 2.75) is 60.0 Å². The van der Waals surface area contributed by atoms with E-state index in [0.717, 1.165) is 23.1 Å². The zero-order chi connectivity index (χ0) is 22.7. The van der Waals surface area contributed by atoms with Crippen molar-refractivity contribution >= 4 is 21.9 Å². The smallest absolute Gasteiger partial charge is 0.142 e.